The standard InChI is InChI=1S/C17H27NO/c1-16(2,3)9-10-17(19)11-13-18(14-12-17)15-7-5-4-6-8-15/h4-8,19H,9-14H2,1-3H3. The summed E-state index contributed by atoms with van der Waals surface area (Å²) in [6, 6.07) is 10.5. The van der Waals surface area contributed by atoms with Crippen molar-refractivity contribution < 1.29 is 5.11 Å². The number of aliphatic hydroxyl groups is 1. The van der Waals surface area contributed by atoms with E-state index in [2.05, 4.69) is 49.9 Å². The fourth-order valence-corrected chi connectivity index (χ4v) is 2.68. The van der Waals surface area contributed by atoms with E-state index in [-0.39, 0.29) is 0 Å². The van der Waals surface area contributed by atoms with Crippen molar-refractivity contribution in [3.63, 3.8) is 0 Å². The summed E-state index contributed by atoms with van der Waals surface area (Å²) in [7, 11) is 0. The van der Waals surface area contributed by atoms with Crippen molar-refractivity contribution in [3.8, 4) is 0 Å². The molecule has 106 valence electrons. The number of hydrogen-bond acceptors (Lipinski definition) is 2. The maximum Gasteiger partial charge on any atom is 0.0681 e. The van der Waals surface area contributed by atoms with Gasteiger partial charge in [-0.2, -0.15) is 0 Å². The molecule has 1 heterocycles. The van der Waals surface area contributed by atoms with Crippen LogP contribution < -0.4 is 4.90 Å². The summed E-state index contributed by atoms with van der Waals surface area (Å²) in [5.74, 6) is 0. The van der Waals surface area contributed by atoms with E-state index in [4.69, 9.17) is 0 Å². The number of para-hydroxylation sites is 1. The SMILES string of the molecule is CC(C)(C)CCC1(O)CCN(c2ccccc2)CC1. The summed E-state index contributed by atoms with van der Waals surface area (Å²) in [6.07, 6.45) is 3.80. The quantitative estimate of drug-likeness (QED) is 0.893. The molecular formula is C17H27NO. The fraction of sp³-hybridized carbons (Fsp3) is 0.647. The van der Waals surface area contributed by atoms with Crippen LogP contribution in [0.3, 0.4) is 0 Å². The smallest absolute Gasteiger partial charge is 0.0681 e. The highest BCUT2D eigenvalue weighted by Gasteiger charge is 2.33. The maximum absolute atomic E-state index is 10.7. The predicted octanol–water partition coefficient (Wildman–Crippen LogP) is 3.84. The molecule has 1 N–H and O–H groups in total. The zero-order chi connectivity index (χ0) is 13.9. The number of nitrogens with zero attached hydrogens (tertiary/aromatic N) is 1. The van der Waals surface area contributed by atoms with Crippen molar-refractivity contribution in [2.45, 2.75) is 52.1 Å². The summed E-state index contributed by atoms with van der Waals surface area (Å²) in [6.45, 7) is 8.66. The van der Waals surface area contributed by atoms with Crippen molar-refractivity contribution in [2.24, 2.45) is 5.41 Å². The molecule has 1 saturated heterocycles. The first-order valence-electron chi connectivity index (χ1n) is 7.40. The van der Waals surface area contributed by atoms with Crippen molar-refractivity contribution in [1.82, 2.24) is 0 Å². The number of hydrogen-bond donors (Lipinski definition) is 1. The van der Waals surface area contributed by atoms with E-state index in [1.165, 1.54) is 5.69 Å². The Labute approximate surface area is 117 Å². The third kappa shape index (κ3) is 4.24. The molecule has 0 saturated carbocycles. The summed E-state index contributed by atoms with van der Waals surface area (Å²) in [5, 5.41) is 10.7. The van der Waals surface area contributed by atoms with E-state index in [1.807, 2.05) is 6.07 Å². The Morgan fingerprint density at radius 1 is 1.11 bits per heavy atom. The van der Waals surface area contributed by atoms with Gasteiger partial charge in [-0.05, 0) is 43.2 Å². The Hall–Kier alpha value is -1.02. The topological polar surface area (TPSA) is 23.5 Å². The van der Waals surface area contributed by atoms with Gasteiger partial charge < -0.3 is 10.0 Å². The monoisotopic (exact) mass is 261 g/mol. The van der Waals surface area contributed by atoms with Crippen LogP contribution in [0.2, 0.25) is 0 Å². The highest BCUT2D eigenvalue weighted by molar-refractivity contribution is 5.46. The van der Waals surface area contributed by atoms with Crippen LogP contribution in [-0.2, 0) is 0 Å². The second-order valence-electron chi connectivity index (χ2n) is 7.11. The van der Waals surface area contributed by atoms with Crippen LogP contribution >= 0.6 is 0 Å². The minimum atomic E-state index is -0.446. The van der Waals surface area contributed by atoms with Crippen molar-refractivity contribution >= 4 is 5.69 Å². The molecule has 2 heteroatoms. The van der Waals surface area contributed by atoms with Gasteiger partial charge >= 0.3 is 0 Å². The van der Waals surface area contributed by atoms with Gasteiger partial charge in [0.1, 0.15) is 0 Å². The molecule has 0 spiro atoms. The van der Waals surface area contributed by atoms with Crippen LogP contribution in [0.1, 0.15) is 46.5 Å². The molecule has 2 rings (SSSR count). The molecule has 0 bridgehead atoms. The first kappa shape index (κ1) is 14.4. The van der Waals surface area contributed by atoms with Gasteiger partial charge in [-0.3, -0.25) is 0 Å². The highest BCUT2D eigenvalue weighted by atomic mass is 16.3. The summed E-state index contributed by atoms with van der Waals surface area (Å²) < 4.78 is 0. The molecule has 0 aromatic heterocycles. The average Bonchev–Trinajstić information content (AvgIpc) is 2.38. The molecule has 0 amide bonds. The van der Waals surface area contributed by atoms with Crippen LogP contribution in [0.15, 0.2) is 30.3 Å². The van der Waals surface area contributed by atoms with Crippen LogP contribution in [0, 0.1) is 5.41 Å². The van der Waals surface area contributed by atoms with Gasteiger partial charge in [0.05, 0.1) is 5.60 Å². The summed E-state index contributed by atoms with van der Waals surface area (Å²) in [4.78, 5) is 2.38. The lowest BCUT2D eigenvalue weighted by Crippen LogP contribution is -2.44. The third-order valence-corrected chi connectivity index (χ3v) is 4.16. The van der Waals surface area contributed by atoms with Crippen molar-refractivity contribution in [2.75, 3.05) is 18.0 Å². The zero-order valence-corrected chi connectivity index (χ0v) is 12.5. The number of rotatable bonds is 3. The molecule has 1 fully saturated rings. The lowest BCUT2D eigenvalue weighted by atomic mass is 9.80. The third-order valence-electron chi connectivity index (χ3n) is 4.16. The normalized spacial score (nSPS) is 19.5. The van der Waals surface area contributed by atoms with Gasteiger partial charge in [-0.15, -0.1) is 0 Å². The predicted molar refractivity (Wildman–Crippen MR) is 81.5 cm³/mol. The molecule has 1 aromatic carbocycles. The fourth-order valence-electron chi connectivity index (χ4n) is 2.68. The Kier molecular flexibility index (Phi) is 4.19. The Morgan fingerprint density at radius 2 is 1.68 bits per heavy atom. The van der Waals surface area contributed by atoms with Crippen molar-refractivity contribution in [3.05, 3.63) is 30.3 Å². The molecule has 2 nitrogen and oxygen atoms in total. The first-order valence-corrected chi connectivity index (χ1v) is 7.40. The Morgan fingerprint density at radius 3 is 2.21 bits per heavy atom. The average molecular weight is 261 g/mol. The van der Waals surface area contributed by atoms with E-state index in [0.717, 1.165) is 38.8 Å². The summed E-state index contributed by atoms with van der Waals surface area (Å²) >= 11 is 0. The lowest BCUT2D eigenvalue weighted by molar-refractivity contribution is -0.00117. The van der Waals surface area contributed by atoms with Gasteiger partial charge in [0.25, 0.3) is 0 Å². The van der Waals surface area contributed by atoms with E-state index in [1.54, 1.807) is 0 Å². The van der Waals surface area contributed by atoms with E-state index >= 15 is 0 Å². The van der Waals surface area contributed by atoms with Gasteiger partial charge in [-0.1, -0.05) is 39.0 Å². The van der Waals surface area contributed by atoms with Gasteiger partial charge in [0.2, 0.25) is 0 Å². The number of piperidine rings is 1. The number of benzene rings is 1. The van der Waals surface area contributed by atoms with Crippen LogP contribution in [0.5, 0.6) is 0 Å². The Balaban J connectivity index is 1.88. The van der Waals surface area contributed by atoms with E-state index in [9.17, 15) is 5.11 Å². The molecule has 19 heavy (non-hydrogen) atoms. The second kappa shape index (κ2) is 5.54. The van der Waals surface area contributed by atoms with Crippen molar-refractivity contribution in [1.29, 1.82) is 0 Å². The first-order chi connectivity index (χ1) is 8.88. The molecule has 0 unspecified atom stereocenters. The minimum Gasteiger partial charge on any atom is -0.390 e. The van der Waals surface area contributed by atoms with Crippen LogP contribution in [0.25, 0.3) is 0 Å². The van der Waals surface area contributed by atoms with Crippen LogP contribution in [0.4, 0.5) is 5.69 Å². The molecular weight excluding hydrogens is 234 g/mol. The molecule has 0 aliphatic carbocycles. The highest BCUT2D eigenvalue weighted by Crippen LogP contribution is 2.33. The minimum absolute atomic E-state index is 0.312. The Bertz CT molecular complexity index is 385. The van der Waals surface area contributed by atoms with E-state index in [0.29, 0.717) is 5.41 Å². The summed E-state index contributed by atoms with van der Waals surface area (Å²) in [5.41, 5.74) is 1.14. The molecule has 1 aromatic rings. The van der Waals surface area contributed by atoms with Gasteiger partial charge in [0, 0.05) is 18.8 Å². The molecule has 1 aliphatic heterocycles. The molecule has 1 aliphatic rings. The van der Waals surface area contributed by atoms with E-state index < -0.39 is 5.60 Å². The zero-order valence-electron chi connectivity index (χ0n) is 12.5. The molecule has 0 radical (unpaired) electrons. The largest absolute Gasteiger partial charge is 0.390 e. The lowest BCUT2D eigenvalue weighted by Gasteiger charge is -2.40. The van der Waals surface area contributed by atoms with Crippen LogP contribution in [-0.4, -0.2) is 23.8 Å². The second-order valence-corrected chi connectivity index (χ2v) is 7.11. The van der Waals surface area contributed by atoms with Gasteiger partial charge in [0.15, 0.2) is 0 Å². The molecule has 0 atom stereocenters. The maximum atomic E-state index is 10.7. The van der Waals surface area contributed by atoms with Gasteiger partial charge in [-0.25, -0.2) is 0 Å². The number of anilines is 1.